The fraction of sp³-hybridized carbons (Fsp3) is 1.00. The molecule has 1 unspecified atom stereocenters. The lowest BCUT2D eigenvalue weighted by Gasteiger charge is -2.30. The molecule has 0 heterocycles. The van der Waals surface area contributed by atoms with E-state index in [0.717, 1.165) is 19.6 Å². The van der Waals surface area contributed by atoms with Gasteiger partial charge in [0.2, 0.25) is 0 Å². The van der Waals surface area contributed by atoms with Crippen LogP contribution in [0.25, 0.3) is 0 Å². The molecule has 0 aromatic heterocycles. The van der Waals surface area contributed by atoms with Crippen LogP contribution < -0.4 is 5.32 Å². The summed E-state index contributed by atoms with van der Waals surface area (Å²) < 4.78 is 10.9. The molecular formula is C12H27NO2. The number of hydrogen-bond acceptors (Lipinski definition) is 3. The Morgan fingerprint density at radius 3 is 2.13 bits per heavy atom. The molecule has 0 aliphatic rings. The molecule has 92 valence electrons. The molecule has 1 N–H and O–H groups in total. The molecule has 1 atom stereocenters. The third kappa shape index (κ3) is 7.77. The maximum Gasteiger partial charge on any atom is 0.0701 e. The first kappa shape index (κ1) is 14.9. The van der Waals surface area contributed by atoms with E-state index in [1.807, 2.05) is 7.05 Å². The van der Waals surface area contributed by atoms with E-state index in [4.69, 9.17) is 9.47 Å². The molecule has 0 bridgehead atoms. The second kappa shape index (κ2) is 8.08. The van der Waals surface area contributed by atoms with Crippen molar-refractivity contribution in [2.75, 3.05) is 33.5 Å². The van der Waals surface area contributed by atoms with Crippen molar-refractivity contribution in [3.05, 3.63) is 0 Å². The molecule has 0 saturated carbocycles. The van der Waals surface area contributed by atoms with Crippen LogP contribution >= 0.6 is 0 Å². The van der Waals surface area contributed by atoms with Gasteiger partial charge in [0, 0.05) is 12.6 Å². The predicted molar refractivity (Wildman–Crippen MR) is 64.2 cm³/mol. The van der Waals surface area contributed by atoms with E-state index >= 15 is 0 Å². The van der Waals surface area contributed by atoms with Crippen molar-refractivity contribution in [1.29, 1.82) is 0 Å². The Balaban J connectivity index is 3.48. The molecule has 0 aromatic rings. The van der Waals surface area contributed by atoms with Gasteiger partial charge < -0.3 is 14.8 Å². The Morgan fingerprint density at radius 1 is 1.07 bits per heavy atom. The SMILES string of the molecule is CCCOCCOCC(NC)C(C)(C)C. The average Bonchev–Trinajstić information content (AvgIpc) is 2.15. The first-order valence-electron chi connectivity index (χ1n) is 5.85. The summed E-state index contributed by atoms with van der Waals surface area (Å²) in [5, 5.41) is 3.28. The van der Waals surface area contributed by atoms with Crippen molar-refractivity contribution in [3.63, 3.8) is 0 Å². The zero-order chi connectivity index (χ0) is 11.7. The summed E-state index contributed by atoms with van der Waals surface area (Å²) in [5.74, 6) is 0. The third-order valence-corrected chi connectivity index (χ3v) is 2.40. The molecule has 0 aliphatic heterocycles. The average molecular weight is 217 g/mol. The van der Waals surface area contributed by atoms with Crippen molar-refractivity contribution in [3.8, 4) is 0 Å². The molecule has 0 radical (unpaired) electrons. The lowest BCUT2D eigenvalue weighted by molar-refractivity contribution is 0.0263. The van der Waals surface area contributed by atoms with E-state index in [9.17, 15) is 0 Å². The van der Waals surface area contributed by atoms with E-state index in [-0.39, 0.29) is 5.41 Å². The van der Waals surface area contributed by atoms with Gasteiger partial charge in [-0.1, -0.05) is 27.7 Å². The Kier molecular flexibility index (Phi) is 8.02. The lowest BCUT2D eigenvalue weighted by atomic mass is 9.87. The molecule has 0 spiro atoms. The highest BCUT2D eigenvalue weighted by Crippen LogP contribution is 2.18. The number of likely N-dealkylation sites (N-methyl/N-ethyl adjacent to an activating group) is 1. The van der Waals surface area contributed by atoms with Crippen LogP contribution in [0.1, 0.15) is 34.1 Å². The molecule has 3 heteroatoms. The van der Waals surface area contributed by atoms with Gasteiger partial charge in [-0.25, -0.2) is 0 Å². The highest BCUT2D eigenvalue weighted by atomic mass is 16.5. The minimum Gasteiger partial charge on any atom is -0.379 e. The number of nitrogens with one attached hydrogen (secondary N) is 1. The van der Waals surface area contributed by atoms with Gasteiger partial charge in [-0.2, -0.15) is 0 Å². The first-order chi connectivity index (χ1) is 7.02. The normalized spacial score (nSPS) is 14.2. The third-order valence-electron chi connectivity index (χ3n) is 2.40. The summed E-state index contributed by atoms with van der Waals surface area (Å²) >= 11 is 0. The van der Waals surface area contributed by atoms with Crippen LogP contribution in [0.5, 0.6) is 0 Å². The van der Waals surface area contributed by atoms with E-state index in [1.54, 1.807) is 0 Å². The maximum atomic E-state index is 5.57. The van der Waals surface area contributed by atoms with Crippen molar-refractivity contribution < 1.29 is 9.47 Å². The van der Waals surface area contributed by atoms with Crippen LogP contribution in [0.15, 0.2) is 0 Å². The molecule has 3 nitrogen and oxygen atoms in total. The minimum atomic E-state index is 0.235. The summed E-state index contributed by atoms with van der Waals surface area (Å²) in [4.78, 5) is 0. The standard InChI is InChI=1S/C12H27NO2/c1-6-7-14-8-9-15-10-11(13-5)12(2,3)4/h11,13H,6-10H2,1-5H3. The summed E-state index contributed by atoms with van der Waals surface area (Å²) in [6, 6.07) is 0.392. The molecule has 0 aliphatic carbocycles. The summed E-state index contributed by atoms with van der Waals surface area (Å²) in [6.45, 7) is 11.7. The van der Waals surface area contributed by atoms with Crippen molar-refractivity contribution in [2.45, 2.75) is 40.2 Å². The van der Waals surface area contributed by atoms with Crippen LogP contribution in [-0.2, 0) is 9.47 Å². The second-order valence-electron chi connectivity index (χ2n) is 4.89. The monoisotopic (exact) mass is 217 g/mol. The summed E-state index contributed by atoms with van der Waals surface area (Å²) in [7, 11) is 1.98. The molecule has 0 amide bonds. The Bertz CT molecular complexity index is 143. The van der Waals surface area contributed by atoms with Gasteiger partial charge >= 0.3 is 0 Å². The number of ether oxygens (including phenoxy) is 2. The smallest absolute Gasteiger partial charge is 0.0701 e. The summed E-state index contributed by atoms with van der Waals surface area (Å²) in [6.07, 6.45) is 1.07. The topological polar surface area (TPSA) is 30.5 Å². The van der Waals surface area contributed by atoms with Gasteiger partial charge in [0.1, 0.15) is 0 Å². The van der Waals surface area contributed by atoms with Crippen LogP contribution in [-0.4, -0.2) is 39.5 Å². The van der Waals surface area contributed by atoms with Gasteiger partial charge in [0.15, 0.2) is 0 Å². The maximum absolute atomic E-state index is 5.57. The van der Waals surface area contributed by atoms with E-state index in [2.05, 4.69) is 33.0 Å². The van der Waals surface area contributed by atoms with Crippen LogP contribution in [0, 0.1) is 5.41 Å². The predicted octanol–water partition coefficient (Wildman–Crippen LogP) is 2.06. The first-order valence-corrected chi connectivity index (χ1v) is 5.85. The Morgan fingerprint density at radius 2 is 1.67 bits per heavy atom. The zero-order valence-electron chi connectivity index (χ0n) is 10.9. The highest BCUT2D eigenvalue weighted by molar-refractivity contribution is 4.78. The minimum absolute atomic E-state index is 0.235. The van der Waals surface area contributed by atoms with Gasteiger partial charge in [-0.3, -0.25) is 0 Å². The molecule has 0 aromatic carbocycles. The van der Waals surface area contributed by atoms with Gasteiger partial charge in [0.25, 0.3) is 0 Å². The Labute approximate surface area is 94.5 Å². The van der Waals surface area contributed by atoms with E-state index in [1.165, 1.54) is 0 Å². The molecular weight excluding hydrogens is 190 g/mol. The second-order valence-corrected chi connectivity index (χ2v) is 4.89. The summed E-state index contributed by atoms with van der Waals surface area (Å²) in [5.41, 5.74) is 0.235. The van der Waals surface area contributed by atoms with E-state index < -0.39 is 0 Å². The highest BCUT2D eigenvalue weighted by Gasteiger charge is 2.22. The van der Waals surface area contributed by atoms with Crippen LogP contribution in [0.2, 0.25) is 0 Å². The van der Waals surface area contributed by atoms with Gasteiger partial charge in [0.05, 0.1) is 19.8 Å². The van der Waals surface area contributed by atoms with Crippen molar-refractivity contribution in [2.24, 2.45) is 5.41 Å². The lowest BCUT2D eigenvalue weighted by Crippen LogP contribution is -2.42. The van der Waals surface area contributed by atoms with Gasteiger partial charge in [-0.05, 0) is 18.9 Å². The number of hydrogen-bond donors (Lipinski definition) is 1. The fourth-order valence-corrected chi connectivity index (χ4v) is 1.33. The molecule has 15 heavy (non-hydrogen) atoms. The molecule has 0 rings (SSSR count). The van der Waals surface area contributed by atoms with E-state index in [0.29, 0.717) is 19.3 Å². The quantitative estimate of drug-likeness (QED) is 0.631. The molecule has 0 fully saturated rings. The van der Waals surface area contributed by atoms with Crippen LogP contribution in [0.3, 0.4) is 0 Å². The number of rotatable bonds is 8. The Hall–Kier alpha value is -0.120. The van der Waals surface area contributed by atoms with Crippen LogP contribution in [0.4, 0.5) is 0 Å². The largest absolute Gasteiger partial charge is 0.379 e. The van der Waals surface area contributed by atoms with Gasteiger partial charge in [-0.15, -0.1) is 0 Å². The zero-order valence-corrected chi connectivity index (χ0v) is 10.9. The molecule has 0 saturated heterocycles. The van der Waals surface area contributed by atoms with Crippen molar-refractivity contribution >= 4 is 0 Å². The van der Waals surface area contributed by atoms with Crippen molar-refractivity contribution in [1.82, 2.24) is 5.32 Å². The fourth-order valence-electron chi connectivity index (χ4n) is 1.33.